The Morgan fingerprint density at radius 3 is 2.26 bits per heavy atom. The number of hydrogen-bond donors (Lipinski definition) is 2. The minimum atomic E-state index is -0.372. The van der Waals surface area contributed by atoms with E-state index in [-0.39, 0.29) is 18.4 Å². The summed E-state index contributed by atoms with van der Waals surface area (Å²) in [6, 6.07) is 27.5. The highest BCUT2D eigenvalue weighted by molar-refractivity contribution is 6.02. The summed E-state index contributed by atoms with van der Waals surface area (Å²) in [4.78, 5) is 24.6. The normalized spacial score (nSPS) is 10.7. The van der Waals surface area contributed by atoms with E-state index in [0.29, 0.717) is 22.7 Å². The average molecular weight is 453 g/mol. The van der Waals surface area contributed by atoms with Crippen molar-refractivity contribution in [2.45, 2.75) is 0 Å². The number of carbonyl (C=O) groups is 2. The molecule has 4 aromatic rings. The molecule has 0 atom stereocenters. The second kappa shape index (κ2) is 10.8. The maximum absolute atomic E-state index is 12.6. The third-order valence-corrected chi connectivity index (χ3v) is 5.00. The number of ether oxygens (including phenoxy) is 2. The van der Waals surface area contributed by atoms with Gasteiger partial charge in [-0.2, -0.15) is 5.10 Å². The zero-order valence-electron chi connectivity index (χ0n) is 18.5. The minimum absolute atomic E-state index is 0.105. The summed E-state index contributed by atoms with van der Waals surface area (Å²) in [7, 11) is 1.53. The lowest BCUT2D eigenvalue weighted by Crippen LogP contribution is -2.20. The van der Waals surface area contributed by atoms with Crippen molar-refractivity contribution in [1.29, 1.82) is 0 Å². The molecule has 4 aromatic carbocycles. The number of anilines is 1. The Morgan fingerprint density at radius 1 is 0.882 bits per heavy atom. The molecule has 7 nitrogen and oxygen atoms in total. The molecular formula is C27H23N3O4. The number of amides is 2. The topological polar surface area (TPSA) is 89.0 Å². The van der Waals surface area contributed by atoms with E-state index in [1.807, 2.05) is 48.5 Å². The number of rotatable bonds is 8. The van der Waals surface area contributed by atoms with E-state index in [1.54, 1.807) is 42.5 Å². The van der Waals surface area contributed by atoms with Gasteiger partial charge in [0.15, 0.2) is 6.61 Å². The minimum Gasteiger partial charge on any atom is -0.496 e. The lowest BCUT2D eigenvalue weighted by atomic mass is 10.1. The van der Waals surface area contributed by atoms with Gasteiger partial charge in [-0.25, -0.2) is 5.43 Å². The molecule has 0 spiro atoms. The van der Waals surface area contributed by atoms with E-state index < -0.39 is 0 Å². The average Bonchev–Trinajstić information content (AvgIpc) is 2.88. The number of carbonyl (C=O) groups excluding carboxylic acids is 2. The fourth-order valence-electron chi connectivity index (χ4n) is 3.31. The molecule has 0 bridgehead atoms. The van der Waals surface area contributed by atoms with Crippen LogP contribution in [0.3, 0.4) is 0 Å². The molecule has 0 aliphatic rings. The van der Waals surface area contributed by atoms with Gasteiger partial charge in [-0.1, -0.05) is 42.5 Å². The van der Waals surface area contributed by atoms with Crippen LogP contribution in [0.25, 0.3) is 10.8 Å². The second-order valence-electron chi connectivity index (χ2n) is 7.37. The predicted octanol–water partition coefficient (Wildman–Crippen LogP) is 4.63. The highest BCUT2D eigenvalue weighted by Gasteiger charge is 2.13. The number of nitrogens with one attached hydrogen (secondary N) is 2. The summed E-state index contributed by atoms with van der Waals surface area (Å²) in [6.07, 6.45) is 1.53. The largest absolute Gasteiger partial charge is 0.496 e. The molecule has 0 saturated carbocycles. The molecular weight excluding hydrogens is 430 g/mol. The smallest absolute Gasteiger partial charge is 0.275 e. The molecule has 0 heterocycles. The molecule has 0 aromatic heterocycles. The van der Waals surface area contributed by atoms with Crippen molar-refractivity contribution in [2.75, 3.05) is 19.0 Å². The van der Waals surface area contributed by atoms with Gasteiger partial charge in [-0.3, -0.25) is 9.59 Å². The van der Waals surface area contributed by atoms with E-state index in [1.165, 1.54) is 13.3 Å². The summed E-state index contributed by atoms with van der Waals surface area (Å²) < 4.78 is 10.9. The Kier molecular flexibility index (Phi) is 7.15. The zero-order valence-corrected chi connectivity index (χ0v) is 18.5. The molecule has 2 N–H and O–H groups in total. The summed E-state index contributed by atoms with van der Waals surface area (Å²) in [5.74, 6) is 0.404. The van der Waals surface area contributed by atoms with Gasteiger partial charge in [0.25, 0.3) is 11.8 Å². The van der Waals surface area contributed by atoms with Crippen molar-refractivity contribution >= 4 is 34.5 Å². The fraction of sp³-hybridized carbons (Fsp3) is 0.0741. The molecule has 0 radical (unpaired) electrons. The Hall–Kier alpha value is -4.65. The first kappa shape index (κ1) is 22.5. The number of fused-ring (bicyclic) bond motifs is 1. The first-order valence-electron chi connectivity index (χ1n) is 10.6. The van der Waals surface area contributed by atoms with Crippen molar-refractivity contribution in [3.8, 4) is 11.5 Å². The van der Waals surface area contributed by atoms with Crippen molar-refractivity contribution in [2.24, 2.45) is 5.10 Å². The Bertz CT molecular complexity index is 1320. The third kappa shape index (κ3) is 5.77. The van der Waals surface area contributed by atoms with Gasteiger partial charge in [-0.05, 0) is 64.9 Å². The third-order valence-electron chi connectivity index (χ3n) is 5.00. The molecule has 0 saturated heterocycles. The van der Waals surface area contributed by atoms with Crippen LogP contribution in [0.1, 0.15) is 15.9 Å². The van der Waals surface area contributed by atoms with Gasteiger partial charge in [0, 0.05) is 5.69 Å². The van der Waals surface area contributed by atoms with Crippen molar-refractivity contribution in [3.05, 3.63) is 102 Å². The van der Waals surface area contributed by atoms with E-state index in [9.17, 15) is 9.59 Å². The highest BCUT2D eigenvalue weighted by Crippen LogP contribution is 2.25. The number of nitrogens with zero attached hydrogens (tertiary/aromatic N) is 1. The van der Waals surface area contributed by atoms with Gasteiger partial charge >= 0.3 is 0 Å². The summed E-state index contributed by atoms with van der Waals surface area (Å²) in [5, 5.41) is 8.72. The standard InChI is InChI=1S/C27H23N3O4/c1-33-25-16-21-8-6-5-7-20(21)15-24(25)27(32)30-28-17-19-11-13-23(14-12-19)34-18-26(31)29-22-9-3-2-4-10-22/h2-17H,18H2,1H3,(H,29,31)(H,30,32). The molecule has 0 aliphatic carbocycles. The van der Waals surface area contributed by atoms with Crippen LogP contribution in [0, 0.1) is 0 Å². The highest BCUT2D eigenvalue weighted by atomic mass is 16.5. The maximum Gasteiger partial charge on any atom is 0.275 e. The van der Waals surface area contributed by atoms with Crippen LogP contribution in [0.5, 0.6) is 11.5 Å². The summed E-state index contributed by atoms with van der Waals surface area (Å²) in [5.41, 5.74) is 4.40. The number of hydrogen-bond acceptors (Lipinski definition) is 5. The van der Waals surface area contributed by atoms with Crippen LogP contribution in [-0.2, 0) is 4.79 Å². The van der Waals surface area contributed by atoms with Crippen LogP contribution in [-0.4, -0.2) is 31.7 Å². The zero-order chi connectivity index (χ0) is 23.8. The molecule has 7 heteroatoms. The molecule has 0 unspecified atom stereocenters. The Balaban J connectivity index is 1.31. The maximum atomic E-state index is 12.6. The first-order chi connectivity index (χ1) is 16.6. The van der Waals surface area contributed by atoms with Crippen molar-refractivity contribution in [3.63, 3.8) is 0 Å². The monoisotopic (exact) mass is 453 g/mol. The second-order valence-corrected chi connectivity index (χ2v) is 7.37. The van der Waals surface area contributed by atoms with E-state index in [0.717, 1.165) is 16.3 Å². The molecule has 4 rings (SSSR count). The van der Waals surface area contributed by atoms with Gasteiger partial charge in [0.2, 0.25) is 0 Å². The van der Waals surface area contributed by atoms with E-state index in [2.05, 4.69) is 15.8 Å². The van der Waals surface area contributed by atoms with Crippen molar-refractivity contribution < 1.29 is 19.1 Å². The molecule has 0 aliphatic heterocycles. The lowest BCUT2D eigenvalue weighted by molar-refractivity contribution is -0.118. The van der Waals surface area contributed by atoms with Gasteiger partial charge in [0.1, 0.15) is 11.5 Å². The molecule has 0 fully saturated rings. The predicted molar refractivity (Wildman–Crippen MR) is 133 cm³/mol. The quantitative estimate of drug-likeness (QED) is 0.301. The summed E-state index contributed by atoms with van der Waals surface area (Å²) in [6.45, 7) is -0.105. The lowest BCUT2D eigenvalue weighted by Gasteiger charge is -2.09. The molecule has 170 valence electrons. The molecule has 34 heavy (non-hydrogen) atoms. The Morgan fingerprint density at radius 2 is 1.56 bits per heavy atom. The van der Waals surface area contributed by atoms with Crippen LogP contribution in [0.4, 0.5) is 5.69 Å². The van der Waals surface area contributed by atoms with Crippen LogP contribution in [0.2, 0.25) is 0 Å². The number of para-hydroxylation sites is 1. The van der Waals surface area contributed by atoms with E-state index in [4.69, 9.17) is 9.47 Å². The van der Waals surface area contributed by atoms with Gasteiger partial charge in [0.05, 0.1) is 18.9 Å². The SMILES string of the molecule is COc1cc2ccccc2cc1C(=O)NN=Cc1ccc(OCC(=O)Nc2ccccc2)cc1. The summed E-state index contributed by atoms with van der Waals surface area (Å²) >= 11 is 0. The van der Waals surface area contributed by atoms with Crippen molar-refractivity contribution in [1.82, 2.24) is 5.43 Å². The number of benzene rings is 4. The van der Waals surface area contributed by atoms with E-state index >= 15 is 0 Å². The fourth-order valence-corrected chi connectivity index (χ4v) is 3.31. The van der Waals surface area contributed by atoms with Crippen LogP contribution >= 0.6 is 0 Å². The number of hydrazone groups is 1. The van der Waals surface area contributed by atoms with Crippen LogP contribution < -0.4 is 20.2 Å². The Labute approximate surface area is 197 Å². The van der Waals surface area contributed by atoms with Gasteiger partial charge in [-0.15, -0.1) is 0 Å². The van der Waals surface area contributed by atoms with Gasteiger partial charge < -0.3 is 14.8 Å². The van der Waals surface area contributed by atoms with Crippen LogP contribution in [0.15, 0.2) is 96.1 Å². The number of methoxy groups -OCH3 is 1. The first-order valence-corrected chi connectivity index (χ1v) is 10.6. The molecule has 2 amide bonds.